The molecule has 8 nitrogen and oxygen atoms in total. The maximum atomic E-state index is 13.0. The monoisotopic (exact) mass is 401 g/mol. The van der Waals surface area contributed by atoms with Gasteiger partial charge in [-0.3, -0.25) is 23.9 Å². The van der Waals surface area contributed by atoms with Gasteiger partial charge in [-0.1, -0.05) is 18.2 Å². The Hall–Kier alpha value is -3.81. The summed E-state index contributed by atoms with van der Waals surface area (Å²) >= 11 is 0. The van der Waals surface area contributed by atoms with Crippen molar-refractivity contribution in [3.05, 3.63) is 71.3 Å². The van der Waals surface area contributed by atoms with Crippen LogP contribution in [-0.2, 0) is 16.6 Å². The quantitative estimate of drug-likeness (QED) is 0.618. The minimum Gasteiger partial charge on any atom is -0.341 e. The highest BCUT2D eigenvalue weighted by Crippen LogP contribution is 2.37. The minimum absolute atomic E-state index is 0.200. The van der Waals surface area contributed by atoms with E-state index in [0.29, 0.717) is 30.4 Å². The van der Waals surface area contributed by atoms with Gasteiger partial charge in [0, 0.05) is 44.2 Å². The largest absolute Gasteiger partial charge is 0.341 e. The van der Waals surface area contributed by atoms with Gasteiger partial charge >= 0.3 is 0 Å². The number of carbonyl (C=O) groups excluding carboxylic acids is 2. The van der Waals surface area contributed by atoms with E-state index in [4.69, 9.17) is 0 Å². The van der Waals surface area contributed by atoms with E-state index in [2.05, 4.69) is 9.97 Å². The number of pyridine rings is 1. The third-order valence-corrected chi connectivity index (χ3v) is 5.78. The number of hydrogen-bond donors (Lipinski definition) is 0. The summed E-state index contributed by atoms with van der Waals surface area (Å²) in [4.78, 5) is 50.3. The number of benzene rings is 1. The normalized spacial score (nSPS) is 20.7. The number of anilines is 2. The molecule has 2 saturated heterocycles. The number of aromatic nitrogens is 3. The highest BCUT2D eigenvalue weighted by Gasteiger charge is 2.53. The number of hydrogen-bond acceptors (Lipinski definition) is 6. The first-order valence-corrected chi connectivity index (χ1v) is 9.71. The Labute approximate surface area is 172 Å². The summed E-state index contributed by atoms with van der Waals surface area (Å²) in [7, 11) is 1.65. The molecule has 2 amide bonds. The summed E-state index contributed by atoms with van der Waals surface area (Å²) in [6, 6.07) is 14.0. The molecule has 0 N–H and O–H groups in total. The molecule has 150 valence electrons. The van der Waals surface area contributed by atoms with Crippen LogP contribution in [0, 0.1) is 11.8 Å². The van der Waals surface area contributed by atoms with Crippen molar-refractivity contribution in [1.29, 1.82) is 0 Å². The maximum Gasteiger partial charge on any atom is 0.255 e. The van der Waals surface area contributed by atoms with E-state index in [1.54, 1.807) is 55.8 Å². The second-order valence-corrected chi connectivity index (χ2v) is 7.54. The molecule has 0 unspecified atom stereocenters. The molecule has 30 heavy (non-hydrogen) atoms. The van der Waals surface area contributed by atoms with Crippen molar-refractivity contribution in [1.82, 2.24) is 14.5 Å². The van der Waals surface area contributed by atoms with Gasteiger partial charge in [-0.15, -0.1) is 0 Å². The summed E-state index contributed by atoms with van der Waals surface area (Å²) < 4.78 is 1.45. The lowest BCUT2D eigenvalue weighted by atomic mass is 10.00. The van der Waals surface area contributed by atoms with Gasteiger partial charge < -0.3 is 4.90 Å². The highest BCUT2D eigenvalue weighted by molar-refractivity contribution is 6.22. The molecule has 0 bridgehead atoms. The third kappa shape index (κ3) is 2.80. The predicted octanol–water partition coefficient (Wildman–Crippen LogP) is 1.47. The molecule has 2 aliphatic heterocycles. The van der Waals surface area contributed by atoms with E-state index >= 15 is 0 Å². The summed E-state index contributed by atoms with van der Waals surface area (Å²) in [5.74, 6) is -0.836. The number of imide groups is 1. The van der Waals surface area contributed by atoms with Crippen LogP contribution in [0.3, 0.4) is 0 Å². The van der Waals surface area contributed by atoms with Crippen molar-refractivity contribution >= 4 is 23.5 Å². The summed E-state index contributed by atoms with van der Waals surface area (Å²) in [5, 5.41) is 0. The first-order chi connectivity index (χ1) is 14.5. The molecule has 2 fully saturated rings. The average Bonchev–Trinajstić information content (AvgIpc) is 3.31. The van der Waals surface area contributed by atoms with Gasteiger partial charge in [0.2, 0.25) is 17.8 Å². The fourth-order valence-corrected chi connectivity index (χ4v) is 4.22. The Kier molecular flexibility index (Phi) is 4.20. The fourth-order valence-electron chi connectivity index (χ4n) is 4.22. The third-order valence-electron chi connectivity index (χ3n) is 5.78. The second-order valence-electron chi connectivity index (χ2n) is 7.54. The zero-order valence-electron chi connectivity index (χ0n) is 16.3. The van der Waals surface area contributed by atoms with Crippen LogP contribution < -0.4 is 15.4 Å². The zero-order chi connectivity index (χ0) is 20.8. The van der Waals surface area contributed by atoms with E-state index in [1.165, 1.54) is 15.5 Å². The molecular formula is C22H19N5O3. The Bertz CT molecular complexity index is 1170. The van der Waals surface area contributed by atoms with E-state index in [9.17, 15) is 14.4 Å². The number of nitrogens with zero attached hydrogens (tertiary/aromatic N) is 5. The molecule has 8 heteroatoms. The van der Waals surface area contributed by atoms with E-state index < -0.39 is 11.8 Å². The summed E-state index contributed by atoms with van der Waals surface area (Å²) in [6.45, 7) is 0.692. The maximum absolute atomic E-state index is 13.0. The van der Waals surface area contributed by atoms with Crippen molar-refractivity contribution in [3.63, 3.8) is 0 Å². The number of amides is 2. The topological polar surface area (TPSA) is 88.4 Å². The Morgan fingerprint density at radius 1 is 0.900 bits per heavy atom. The van der Waals surface area contributed by atoms with Crippen molar-refractivity contribution in [2.45, 2.75) is 0 Å². The smallest absolute Gasteiger partial charge is 0.255 e. The predicted molar refractivity (Wildman–Crippen MR) is 111 cm³/mol. The molecule has 0 aliphatic carbocycles. The van der Waals surface area contributed by atoms with Crippen LogP contribution in [-0.4, -0.2) is 39.4 Å². The Morgan fingerprint density at radius 3 is 2.17 bits per heavy atom. The molecule has 3 aromatic rings. The first kappa shape index (κ1) is 18.2. The lowest BCUT2D eigenvalue weighted by Crippen LogP contribution is -2.38. The summed E-state index contributed by atoms with van der Waals surface area (Å²) in [5.41, 5.74) is 1.72. The van der Waals surface area contributed by atoms with Gasteiger partial charge in [-0.05, 0) is 24.3 Å². The lowest BCUT2D eigenvalue weighted by Gasteiger charge is -2.23. The van der Waals surface area contributed by atoms with Crippen LogP contribution in [0.1, 0.15) is 0 Å². The van der Waals surface area contributed by atoms with Crippen LogP contribution in [0.2, 0.25) is 0 Å². The van der Waals surface area contributed by atoms with Gasteiger partial charge in [-0.2, -0.15) is 0 Å². The van der Waals surface area contributed by atoms with E-state index in [-0.39, 0.29) is 17.4 Å². The van der Waals surface area contributed by atoms with Crippen LogP contribution in [0.4, 0.5) is 11.6 Å². The first-order valence-electron chi connectivity index (χ1n) is 9.71. The van der Waals surface area contributed by atoms with Crippen LogP contribution in [0.5, 0.6) is 0 Å². The van der Waals surface area contributed by atoms with Crippen molar-refractivity contribution in [2.24, 2.45) is 18.9 Å². The lowest BCUT2D eigenvalue weighted by molar-refractivity contribution is -0.122. The van der Waals surface area contributed by atoms with Gasteiger partial charge in [0.15, 0.2) is 0 Å². The van der Waals surface area contributed by atoms with E-state index in [1.807, 2.05) is 11.0 Å². The van der Waals surface area contributed by atoms with Crippen molar-refractivity contribution < 1.29 is 9.59 Å². The van der Waals surface area contributed by atoms with Gasteiger partial charge in [0.1, 0.15) is 0 Å². The molecule has 2 atom stereocenters. The average molecular weight is 401 g/mol. The molecule has 2 aliphatic rings. The molecule has 0 spiro atoms. The molecule has 1 aromatic carbocycles. The highest BCUT2D eigenvalue weighted by atomic mass is 16.2. The molecule has 5 rings (SSSR count). The van der Waals surface area contributed by atoms with Crippen LogP contribution >= 0.6 is 0 Å². The fraction of sp³-hybridized carbons (Fsp3) is 0.227. The van der Waals surface area contributed by atoms with Crippen LogP contribution in [0.25, 0.3) is 11.3 Å². The Morgan fingerprint density at radius 2 is 1.53 bits per heavy atom. The van der Waals surface area contributed by atoms with Crippen LogP contribution in [0.15, 0.2) is 65.7 Å². The van der Waals surface area contributed by atoms with E-state index in [0.717, 1.165) is 5.56 Å². The molecule has 4 heterocycles. The van der Waals surface area contributed by atoms with Gasteiger partial charge in [-0.25, -0.2) is 9.88 Å². The van der Waals surface area contributed by atoms with Gasteiger partial charge in [0.25, 0.3) is 5.56 Å². The molecule has 2 aromatic heterocycles. The standard InChI is InChI=1S/C22H19N5O3/c1-25-19(28)11-18(14-7-9-23-10-8-14)24-22(25)26-12-16-17(13-26)21(30)27(20(16)29)15-5-3-2-4-6-15/h2-11,16-17H,12-13H2,1H3/t16-,17+. The molecular weight excluding hydrogens is 382 g/mol. The van der Waals surface area contributed by atoms with Gasteiger partial charge in [0.05, 0.1) is 23.2 Å². The molecule has 0 saturated carbocycles. The SMILES string of the molecule is Cn1c(N2C[C@@H]3C(=O)N(c4ccccc4)C(=O)[C@@H]3C2)nc(-c2ccncc2)cc1=O. The Balaban J connectivity index is 1.47. The zero-order valence-corrected chi connectivity index (χ0v) is 16.3. The van der Waals surface area contributed by atoms with Crippen molar-refractivity contribution in [2.75, 3.05) is 22.9 Å². The van der Waals surface area contributed by atoms with Crippen molar-refractivity contribution in [3.8, 4) is 11.3 Å². The second kappa shape index (κ2) is 6.91. The number of para-hydroxylation sites is 1. The number of carbonyl (C=O) groups is 2. The number of fused-ring (bicyclic) bond motifs is 1. The minimum atomic E-state index is -0.445. The summed E-state index contributed by atoms with van der Waals surface area (Å²) in [6.07, 6.45) is 3.29. The molecule has 0 radical (unpaired) electrons. The number of rotatable bonds is 3.